The number of hydrogen-bond acceptors (Lipinski definition) is 3. The number of carbonyl (C=O) groups is 1. The summed E-state index contributed by atoms with van der Waals surface area (Å²) in [7, 11) is 0. The van der Waals surface area contributed by atoms with Gasteiger partial charge in [0.2, 0.25) is 0 Å². The van der Waals surface area contributed by atoms with E-state index >= 15 is 0 Å². The Morgan fingerprint density at radius 1 is 1.48 bits per heavy atom. The summed E-state index contributed by atoms with van der Waals surface area (Å²) in [6, 6.07) is 3.96. The molecule has 1 aliphatic rings. The molecule has 3 rings (SSSR count). The Balaban J connectivity index is 2.40. The average molecular weight is 380 g/mol. The molecule has 0 amide bonds. The zero-order valence-electron chi connectivity index (χ0n) is 14.9. The molecule has 1 aromatic heterocycles. The van der Waals surface area contributed by atoms with E-state index in [-0.39, 0.29) is 41.8 Å². The molecule has 0 saturated heterocycles. The van der Waals surface area contributed by atoms with Gasteiger partial charge < -0.3 is 14.8 Å². The number of carboxylic acid groups (broad SMARTS) is 1. The van der Waals surface area contributed by atoms with Gasteiger partial charge >= 0.3 is 12.1 Å². The fourth-order valence-corrected chi connectivity index (χ4v) is 3.98. The topological polar surface area (TPSA) is 86.1 Å². The fraction of sp³-hybridized carbons (Fsp3) is 0.474. The molecule has 2 atom stereocenters. The smallest absolute Gasteiger partial charge is 0.417 e. The minimum atomic E-state index is -4.59. The predicted octanol–water partition coefficient (Wildman–Crippen LogP) is 4.35. The molecule has 2 unspecified atom stereocenters. The van der Waals surface area contributed by atoms with Crippen molar-refractivity contribution >= 4 is 16.9 Å². The van der Waals surface area contributed by atoms with E-state index in [4.69, 9.17) is 4.74 Å². The van der Waals surface area contributed by atoms with Crippen LogP contribution in [0, 0.1) is 17.2 Å². The van der Waals surface area contributed by atoms with Crippen molar-refractivity contribution < 1.29 is 27.8 Å². The second-order valence-corrected chi connectivity index (χ2v) is 6.87. The predicted molar refractivity (Wildman–Crippen MR) is 91.1 cm³/mol. The largest absolute Gasteiger partial charge is 0.481 e. The van der Waals surface area contributed by atoms with Crippen molar-refractivity contribution in [1.29, 1.82) is 5.26 Å². The average Bonchev–Trinajstić information content (AvgIpc) is 2.99. The summed E-state index contributed by atoms with van der Waals surface area (Å²) in [6.45, 7) is 3.81. The number of H-pyrrole nitrogens is 1. The van der Waals surface area contributed by atoms with Crippen LogP contribution in [0.3, 0.4) is 0 Å². The molecule has 2 heterocycles. The normalized spacial score (nSPS) is 20.9. The quantitative estimate of drug-likeness (QED) is 0.826. The molecule has 5 nitrogen and oxygen atoms in total. The second kappa shape index (κ2) is 6.57. The number of benzene rings is 1. The zero-order chi connectivity index (χ0) is 20.0. The second-order valence-electron chi connectivity index (χ2n) is 6.87. The summed E-state index contributed by atoms with van der Waals surface area (Å²) < 4.78 is 46.7. The SMILES string of the molecule is CCC(C)C1(CC(=O)O)OCCc2c1[nH]c1c(C#N)ccc(C(F)(F)F)c21. The highest BCUT2D eigenvalue weighted by molar-refractivity contribution is 5.93. The lowest BCUT2D eigenvalue weighted by Crippen LogP contribution is -2.43. The Labute approximate surface area is 153 Å². The highest BCUT2D eigenvalue weighted by Crippen LogP contribution is 2.48. The molecule has 27 heavy (non-hydrogen) atoms. The Kier molecular flexibility index (Phi) is 4.68. The van der Waals surface area contributed by atoms with Gasteiger partial charge in [0, 0.05) is 5.39 Å². The van der Waals surface area contributed by atoms with Crippen molar-refractivity contribution in [3.63, 3.8) is 0 Å². The van der Waals surface area contributed by atoms with Gasteiger partial charge in [0.25, 0.3) is 0 Å². The van der Waals surface area contributed by atoms with Crippen molar-refractivity contribution in [2.24, 2.45) is 5.92 Å². The number of aliphatic carboxylic acids is 1. The molecular weight excluding hydrogens is 361 g/mol. The zero-order valence-corrected chi connectivity index (χ0v) is 14.9. The van der Waals surface area contributed by atoms with Crippen LogP contribution in [-0.4, -0.2) is 22.7 Å². The maximum absolute atomic E-state index is 13.6. The minimum absolute atomic E-state index is 0.0575. The Bertz CT molecular complexity index is 942. The highest BCUT2D eigenvalue weighted by atomic mass is 19.4. The van der Waals surface area contributed by atoms with Crippen molar-refractivity contribution in [2.75, 3.05) is 6.61 Å². The number of fused-ring (bicyclic) bond motifs is 3. The van der Waals surface area contributed by atoms with E-state index < -0.39 is 23.3 Å². The fourth-order valence-electron chi connectivity index (χ4n) is 3.98. The van der Waals surface area contributed by atoms with E-state index in [0.29, 0.717) is 17.7 Å². The molecule has 0 saturated carbocycles. The number of nitrogens with zero attached hydrogens (tertiary/aromatic N) is 1. The van der Waals surface area contributed by atoms with Gasteiger partial charge in [-0.05, 0) is 30.0 Å². The van der Waals surface area contributed by atoms with Gasteiger partial charge in [-0.1, -0.05) is 20.3 Å². The molecule has 144 valence electrons. The number of rotatable bonds is 4. The Hall–Kier alpha value is -2.53. The lowest BCUT2D eigenvalue weighted by Gasteiger charge is -2.41. The number of ether oxygens (including phenoxy) is 1. The number of halogens is 3. The molecule has 2 aromatic rings. The molecule has 2 N–H and O–H groups in total. The van der Waals surface area contributed by atoms with Crippen LogP contribution in [0.2, 0.25) is 0 Å². The first-order valence-corrected chi connectivity index (χ1v) is 8.66. The first kappa shape index (κ1) is 19.2. The van der Waals surface area contributed by atoms with Gasteiger partial charge in [0.05, 0.1) is 35.4 Å². The number of alkyl halides is 3. The molecular formula is C19H19F3N2O3. The van der Waals surface area contributed by atoms with Crippen molar-refractivity contribution in [2.45, 2.75) is 44.9 Å². The van der Waals surface area contributed by atoms with Crippen LogP contribution in [0.25, 0.3) is 10.9 Å². The van der Waals surface area contributed by atoms with Crippen molar-refractivity contribution in [3.8, 4) is 6.07 Å². The molecule has 0 spiro atoms. The van der Waals surface area contributed by atoms with Gasteiger partial charge in [-0.15, -0.1) is 0 Å². The van der Waals surface area contributed by atoms with E-state index in [0.717, 1.165) is 12.1 Å². The van der Waals surface area contributed by atoms with E-state index in [9.17, 15) is 28.3 Å². The molecule has 0 radical (unpaired) electrons. The van der Waals surface area contributed by atoms with Crippen molar-refractivity contribution in [3.05, 3.63) is 34.5 Å². The molecule has 0 bridgehead atoms. The number of nitriles is 1. The summed E-state index contributed by atoms with van der Waals surface area (Å²) in [5.74, 6) is -1.35. The summed E-state index contributed by atoms with van der Waals surface area (Å²) in [4.78, 5) is 14.5. The summed E-state index contributed by atoms with van der Waals surface area (Å²) in [5.41, 5.74) is -1.19. The van der Waals surface area contributed by atoms with Crippen LogP contribution in [0.5, 0.6) is 0 Å². The Morgan fingerprint density at radius 2 is 2.19 bits per heavy atom. The summed E-state index contributed by atoms with van der Waals surface area (Å²) in [6.07, 6.45) is -4.16. The van der Waals surface area contributed by atoms with Crippen LogP contribution < -0.4 is 0 Å². The van der Waals surface area contributed by atoms with Crippen LogP contribution in [0.1, 0.15) is 49.1 Å². The molecule has 0 aliphatic carbocycles. The molecule has 1 aromatic carbocycles. The first-order chi connectivity index (χ1) is 12.7. The van der Waals surface area contributed by atoms with E-state index in [1.54, 1.807) is 0 Å². The lowest BCUT2D eigenvalue weighted by molar-refractivity contribution is -0.155. The molecule has 1 aliphatic heterocycles. The maximum atomic E-state index is 13.6. The van der Waals surface area contributed by atoms with Gasteiger partial charge in [-0.2, -0.15) is 18.4 Å². The monoisotopic (exact) mass is 380 g/mol. The molecule has 0 fully saturated rings. The van der Waals surface area contributed by atoms with E-state index in [1.165, 1.54) is 0 Å². The first-order valence-electron chi connectivity index (χ1n) is 8.66. The summed E-state index contributed by atoms with van der Waals surface area (Å²) in [5, 5.41) is 18.7. The van der Waals surface area contributed by atoms with Gasteiger partial charge in [-0.3, -0.25) is 4.79 Å². The van der Waals surface area contributed by atoms with Crippen LogP contribution in [0.4, 0.5) is 13.2 Å². The number of aromatic nitrogens is 1. The van der Waals surface area contributed by atoms with E-state index in [2.05, 4.69) is 4.98 Å². The third-order valence-corrected chi connectivity index (χ3v) is 5.44. The van der Waals surface area contributed by atoms with Gasteiger partial charge in [-0.25, -0.2) is 0 Å². The Morgan fingerprint density at radius 3 is 2.74 bits per heavy atom. The number of carboxylic acids is 1. The highest BCUT2D eigenvalue weighted by Gasteiger charge is 2.47. The van der Waals surface area contributed by atoms with Gasteiger partial charge in [0.15, 0.2) is 0 Å². The number of nitrogens with one attached hydrogen (secondary N) is 1. The molecule has 8 heteroatoms. The number of aromatic amines is 1. The van der Waals surface area contributed by atoms with Crippen LogP contribution in [0.15, 0.2) is 12.1 Å². The third kappa shape index (κ3) is 2.96. The maximum Gasteiger partial charge on any atom is 0.417 e. The third-order valence-electron chi connectivity index (χ3n) is 5.44. The van der Waals surface area contributed by atoms with Crippen molar-refractivity contribution in [1.82, 2.24) is 4.98 Å². The minimum Gasteiger partial charge on any atom is -0.481 e. The van der Waals surface area contributed by atoms with Crippen LogP contribution >= 0.6 is 0 Å². The van der Waals surface area contributed by atoms with Crippen LogP contribution in [-0.2, 0) is 27.7 Å². The van der Waals surface area contributed by atoms with E-state index in [1.807, 2.05) is 19.9 Å². The number of hydrogen-bond donors (Lipinski definition) is 2. The standard InChI is InChI=1S/C19H19F3N2O3/c1-3-10(2)18(8-14(25)26)17-12(6-7-27-18)15-13(19(20,21)22)5-4-11(9-23)16(15)24-17/h4-5,10,24H,3,6-8H2,1-2H3,(H,25,26). The lowest BCUT2D eigenvalue weighted by atomic mass is 9.77. The van der Waals surface area contributed by atoms with Gasteiger partial charge in [0.1, 0.15) is 11.7 Å². The summed E-state index contributed by atoms with van der Waals surface area (Å²) >= 11 is 0.